The molecule has 0 radical (unpaired) electrons. The summed E-state index contributed by atoms with van der Waals surface area (Å²) in [6.07, 6.45) is -16.4. The molecule has 0 N–H and O–H groups in total. The van der Waals surface area contributed by atoms with Crippen molar-refractivity contribution in [2.24, 2.45) is 0 Å². The van der Waals surface area contributed by atoms with Crippen LogP contribution < -0.4 is 5.43 Å². The molecule has 0 unspecified atom stereocenters. The van der Waals surface area contributed by atoms with E-state index < -0.39 is 254 Å². The first-order valence-electron chi connectivity index (χ1n) is 31.6. The van der Waals surface area contributed by atoms with Crippen molar-refractivity contribution in [1.29, 1.82) is 0 Å². The van der Waals surface area contributed by atoms with E-state index in [1.54, 1.807) is 0 Å². The van der Waals surface area contributed by atoms with Crippen LogP contribution in [-0.4, -0.2) is 59.4 Å². The first-order chi connectivity index (χ1) is 39.3. The Kier molecular flexibility index (Phi) is 4.39. The Morgan fingerprint density at radius 1 is 1.04 bits per heavy atom. The topological polar surface area (TPSA) is 54.8 Å². The van der Waals surface area contributed by atoms with Crippen LogP contribution in [0.2, 0.25) is 0 Å². The number of rotatable bonds is 12. The lowest BCUT2D eigenvalue weighted by Crippen LogP contribution is -2.48. The SMILES string of the molecule is [2H]c1c([2H])c(F)c(F)c(CSc2c([2H])c(=O)c3c([2H])c(C)c([2H])c([2H])c3n2C([2H])([2H])C(=O)N(C([2H])([2H])c2c([2H])c([2H])c(-c3c([2H])c([2H])c(C(F)(F)F)c([2H])c3[2H])c([2H])c2[2H])C2([2H])C([2H])([2H])C([2H])([2H])N(C([2H])([2H])C([2H])([2H])OC([2H])([2H])[2H])C([2H])([2H])C2([2H])[2H])c1[2H]. The Morgan fingerprint density at radius 2 is 1.74 bits per heavy atom. The molecule has 0 bridgehead atoms. The molecule has 1 saturated heterocycles. The van der Waals surface area contributed by atoms with E-state index in [0.717, 1.165) is 6.92 Å². The van der Waals surface area contributed by atoms with Gasteiger partial charge in [-0.3, -0.25) is 9.59 Å². The van der Waals surface area contributed by atoms with Gasteiger partial charge in [-0.1, -0.05) is 59.9 Å². The predicted octanol–water partition coefficient (Wildman–Crippen LogP) is 8.71. The molecule has 278 valence electrons. The van der Waals surface area contributed by atoms with Crippen LogP contribution in [-0.2, 0) is 34.5 Å². The van der Waals surface area contributed by atoms with E-state index in [0.29, 0.717) is 0 Å². The van der Waals surface area contributed by atoms with Crippen molar-refractivity contribution in [3.8, 4) is 11.1 Å². The molecule has 2 heterocycles. The summed E-state index contributed by atoms with van der Waals surface area (Å²) in [4.78, 5) is 27.5. The second-order valence-corrected chi connectivity index (χ2v) is 10.9. The summed E-state index contributed by atoms with van der Waals surface area (Å²) in [6, 6.07) is -30.6. The first kappa shape index (κ1) is 14.0. The number of piperidine rings is 1. The molecule has 6 rings (SSSR count). The Morgan fingerprint density at radius 3 is 2.42 bits per heavy atom. The summed E-state index contributed by atoms with van der Waals surface area (Å²) in [5, 5.41) is -2.91. The molecule has 1 aliphatic rings. The number of ether oxygens (including phenoxy) is 1. The second kappa shape index (κ2) is 16.7. The zero-order chi connectivity index (χ0) is 68.5. The fraction of sp³-hybridized carbons (Fsp3) is 0.317. The van der Waals surface area contributed by atoms with E-state index in [1.807, 2.05) is 0 Å². The van der Waals surface area contributed by atoms with Gasteiger partial charge in [0.25, 0.3) is 0 Å². The molecule has 4 aromatic carbocycles. The number of likely N-dealkylation sites (tertiary alicyclic amines) is 1. The van der Waals surface area contributed by atoms with Gasteiger partial charge < -0.3 is 19.1 Å². The lowest BCUT2D eigenvalue weighted by molar-refractivity contribution is -0.137. The summed E-state index contributed by atoms with van der Waals surface area (Å²) in [7, 11) is -4.09. The van der Waals surface area contributed by atoms with Gasteiger partial charge in [-0.25, -0.2) is 8.78 Å². The maximum atomic E-state index is 16.2. The number of hydrogen-bond donors (Lipinski definition) is 0. The van der Waals surface area contributed by atoms with E-state index in [-0.39, 0.29) is 11.8 Å². The van der Waals surface area contributed by atoms with Crippen molar-refractivity contribution in [2.75, 3.05) is 33.1 Å². The van der Waals surface area contributed by atoms with Crippen LogP contribution in [0.3, 0.4) is 0 Å². The number of alkyl halides is 3. The van der Waals surface area contributed by atoms with Crippen LogP contribution in [0.4, 0.5) is 22.0 Å². The Labute approximate surface area is 358 Å². The average molecular weight is 785 g/mol. The maximum Gasteiger partial charge on any atom is 0.416 e. The molecule has 1 aromatic heterocycles. The first-order valence-corrected chi connectivity index (χ1v) is 15.1. The average Bonchev–Trinajstić information content (AvgIpc) is 0.655. The molecule has 0 atom stereocenters. The summed E-state index contributed by atoms with van der Waals surface area (Å²) in [6.45, 7) is -29.3. The number of halogens is 5. The van der Waals surface area contributed by atoms with Crippen molar-refractivity contribution in [2.45, 2.75) is 55.6 Å². The molecular weight excluding hydrogens is 710 g/mol. The van der Waals surface area contributed by atoms with Gasteiger partial charge in [0, 0.05) is 75.5 Å². The van der Waals surface area contributed by atoms with E-state index in [9.17, 15) is 34.7 Å². The number of methoxy groups -OCH3 is 1. The highest BCUT2D eigenvalue weighted by Gasteiger charge is 2.31. The molecule has 0 saturated carbocycles. The number of aromatic nitrogens is 1. The van der Waals surface area contributed by atoms with Crippen LogP contribution in [0.5, 0.6) is 0 Å². The summed E-state index contributed by atoms with van der Waals surface area (Å²) in [5.41, 5.74) is -12.8. The number of benzene rings is 4. The van der Waals surface area contributed by atoms with Crippen LogP contribution in [0.25, 0.3) is 22.0 Å². The number of fused-ring (bicyclic) bond motifs is 1. The number of carbonyl (C=O) groups is 1. The quantitative estimate of drug-likeness (QED) is 0.0937. The molecule has 1 fully saturated rings. The van der Waals surface area contributed by atoms with E-state index in [2.05, 4.69) is 4.74 Å². The van der Waals surface area contributed by atoms with Crippen LogP contribution in [0.15, 0.2) is 100 Å². The summed E-state index contributed by atoms with van der Waals surface area (Å²) in [5.74, 6) is -8.90. The highest BCUT2D eigenvalue weighted by Crippen LogP contribution is 2.32. The van der Waals surface area contributed by atoms with Gasteiger partial charge >= 0.3 is 6.18 Å². The Balaban J connectivity index is 1.87. The zero-order valence-electron chi connectivity index (χ0n) is 61.1. The largest absolute Gasteiger partial charge is 0.416 e. The van der Waals surface area contributed by atoms with Gasteiger partial charge in [0.2, 0.25) is 5.91 Å². The Bertz CT molecular complexity index is 3760. The number of hydrogen-bond acceptors (Lipinski definition) is 5. The van der Waals surface area contributed by atoms with Gasteiger partial charge in [0.15, 0.2) is 17.1 Å². The lowest BCUT2D eigenvalue weighted by atomic mass is 10.00. The third-order valence-corrected chi connectivity index (χ3v) is 7.40. The molecule has 1 aliphatic heterocycles. The maximum absolute atomic E-state index is 16.2. The number of thioether (sulfide) groups is 1. The standard InChI is InChI=1S/C41H40F5N3O3S/c1-27-6-15-36-34(22-27)37(50)23-39(53-26-31-4-3-5-35(42)40(31)43)49(36)25-38(51)48(33-16-18-47(19-17-33)20-21-52-2)24-28-7-9-29(10-8-28)30-11-13-32(14-12-30)41(44,45)46/h3-15,22-23,33H,16-21,24-26H2,1-2H3/i2D3,3D,4D,5D,6D,7D,8D,9D,10D,11D,12D,13D,14D,15D,16D2,17D2,18D2,19D2,20D2,21D2,22D,23D,24D2,25D2,33D. The van der Waals surface area contributed by atoms with Gasteiger partial charge in [0.05, 0.1) is 56.9 Å². The number of nitrogens with zero attached hydrogens (tertiary/aromatic N) is 3. The van der Waals surface area contributed by atoms with E-state index in [1.165, 1.54) is 0 Å². The van der Waals surface area contributed by atoms with Gasteiger partial charge in [-0.2, -0.15) is 13.2 Å². The number of pyridine rings is 1. The Hall–Kier alpha value is -4.52. The zero-order valence-corrected chi connectivity index (χ0v) is 26.9. The van der Waals surface area contributed by atoms with Crippen LogP contribution in [0.1, 0.15) is 83.0 Å². The fourth-order valence-corrected chi connectivity index (χ4v) is 4.96. The molecule has 5 aromatic rings. The van der Waals surface area contributed by atoms with Crippen molar-refractivity contribution >= 4 is 28.6 Å². The molecular formula is C41H40F5N3O3S. The fourth-order valence-electron chi connectivity index (χ4n) is 4.04. The molecule has 1 amide bonds. The molecule has 53 heavy (non-hydrogen) atoms. The van der Waals surface area contributed by atoms with Crippen molar-refractivity contribution in [3.63, 3.8) is 0 Å². The van der Waals surface area contributed by atoms with Crippen molar-refractivity contribution in [1.82, 2.24) is 14.4 Å². The predicted molar refractivity (Wildman–Crippen MR) is 198 cm³/mol. The monoisotopic (exact) mass is 784 g/mol. The third-order valence-electron chi connectivity index (χ3n) is 6.41. The van der Waals surface area contributed by atoms with Crippen LogP contribution in [0, 0.1) is 18.6 Å². The van der Waals surface area contributed by atoms with Crippen molar-refractivity contribution in [3.05, 3.63) is 135 Å². The summed E-state index contributed by atoms with van der Waals surface area (Å²) >= 11 is -0.337. The van der Waals surface area contributed by atoms with E-state index in [4.69, 9.17) is 35.6 Å². The second-order valence-electron chi connectivity index (χ2n) is 9.92. The van der Waals surface area contributed by atoms with Gasteiger partial charge in [0.1, 0.15) is 6.50 Å². The number of carbonyl (C=O) groups excluding carboxylic acids is 1. The molecule has 12 heteroatoms. The highest BCUT2D eigenvalue weighted by atomic mass is 32.2. The summed E-state index contributed by atoms with van der Waals surface area (Å²) < 4.78 is 382. The molecule has 6 nitrogen and oxygen atoms in total. The smallest absolute Gasteiger partial charge is 0.383 e. The number of amides is 1. The highest BCUT2D eigenvalue weighted by molar-refractivity contribution is 7.98. The van der Waals surface area contributed by atoms with Gasteiger partial charge in [-0.15, -0.1) is 11.8 Å². The molecule has 0 spiro atoms. The molecule has 0 aliphatic carbocycles. The minimum Gasteiger partial charge on any atom is -0.383 e. The normalized spacial score (nSPS) is 29.4. The van der Waals surface area contributed by atoms with Crippen LogP contribution >= 0.6 is 11.8 Å². The minimum atomic E-state index is -5.65. The van der Waals surface area contributed by atoms with Gasteiger partial charge in [-0.05, 0) is 66.6 Å². The van der Waals surface area contributed by atoms with Crippen molar-refractivity contribution < 1.29 is 79.5 Å². The lowest BCUT2D eigenvalue weighted by Gasteiger charge is -2.39. The van der Waals surface area contributed by atoms with E-state index >= 15 is 9.18 Å². The minimum absolute atomic E-state index is 0.337. The third kappa shape index (κ3) is 9.17.